The summed E-state index contributed by atoms with van der Waals surface area (Å²) < 4.78 is 11.7. The van der Waals surface area contributed by atoms with Crippen LogP contribution in [0.4, 0.5) is 0 Å². The second-order valence-corrected chi connectivity index (χ2v) is 7.35. The lowest BCUT2D eigenvalue weighted by molar-refractivity contribution is 0.269. The van der Waals surface area contributed by atoms with E-state index in [1.807, 2.05) is 25.1 Å². The van der Waals surface area contributed by atoms with Crippen LogP contribution in [0.25, 0.3) is 0 Å². The van der Waals surface area contributed by atoms with Gasteiger partial charge in [0, 0.05) is 13.1 Å². The number of ether oxygens (including phenoxy) is 2. The normalized spacial score (nSPS) is 11.4. The van der Waals surface area contributed by atoms with Crippen LogP contribution in [0.3, 0.4) is 0 Å². The van der Waals surface area contributed by atoms with Gasteiger partial charge in [-0.2, -0.15) is 0 Å². The zero-order valence-corrected chi connectivity index (χ0v) is 16.3. The summed E-state index contributed by atoms with van der Waals surface area (Å²) in [4.78, 5) is 0. The molecule has 0 unspecified atom stereocenters. The first kappa shape index (κ1) is 20.3. The van der Waals surface area contributed by atoms with Gasteiger partial charge in [0.2, 0.25) is 0 Å². The van der Waals surface area contributed by atoms with E-state index in [9.17, 15) is 0 Å². The Bertz CT molecular complexity index is 675. The Labute approximate surface area is 157 Å². The Morgan fingerprint density at radius 3 is 2.23 bits per heavy atom. The predicted molar refractivity (Wildman–Crippen MR) is 106 cm³/mol. The highest BCUT2D eigenvalue weighted by molar-refractivity contribution is 5.43. The summed E-state index contributed by atoms with van der Waals surface area (Å²) >= 11 is 0. The number of hydrogen-bond donors (Lipinski definition) is 2. The molecule has 0 bridgehead atoms. The molecule has 0 heterocycles. The standard InChI is InChI=1S/C22H31NO3/c1-5-25-21-14-18(15-23-12-13-24)8-11-20(21)26-16-17-6-9-19(10-7-17)22(2,3)4/h6-11,14,23-24H,5,12-13,15-16H2,1-4H3. The van der Waals surface area contributed by atoms with E-state index in [4.69, 9.17) is 14.6 Å². The number of rotatable bonds is 9. The van der Waals surface area contributed by atoms with Crippen molar-refractivity contribution in [2.75, 3.05) is 19.8 Å². The smallest absolute Gasteiger partial charge is 0.161 e. The third kappa shape index (κ3) is 6.04. The van der Waals surface area contributed by atoms with Crippen LogP contribution < -0.4 is 14.8 Å². The Hall–Kier alpha value is -2.04. The molecule has 0 aliphatic carbocycles. The SMILES string of the molecule is CCOc1cc(CNCCO)ccc1OCc1ccc(C(C)(C)C)cc1. The Balaban J connectivity index is 2.03. The van der Waals surface area contributed by atoms with Gasteiger partial charge >= 0.3 is 0 Å². The Morgan fingerprint density at radius 2 is 1.62 bits per heavy atom. The molecule has 0 saturated heterocycles. The monoisotopic (exact) mass is 357 g/mol. The molecule has 2 N–H and O–H groups in total. The first-order valence-corrected chi connectivity index (χ1v) is 9.23. The van der Waals surface area contributed by atoms with Gasteiger partial charge in [-0.1, -0.05) is 51.1 Å². The third-order valence-electron chi connectivity index (χ3n) is 4.14. The minimum Gasteiger partial charge on any atom is -0.490 e. The highest BCUT2D eigenvalue weighted by atomic mass is 16.5. The largest absolute Gasteiger partial charge is 0.490 e. The fourth-order valence-corrected chi connectivity index (χ4v) is 2.62. The minimum absolute atomic E-state index is 0.132. The van der Waals surface area contributed by atoms with Gasteiger partial charge in [0.25, 0.3) is 0 Å². The molecule has 2 rings (SSSR count). The Kier molecular flexibility index (Phi) is 7.49. The second-order valence-electron chi connectivity index (χ2n) is 7.35. The fourth-order valence-electron chi connectivity index (χ4n) is 2.62. The van der Waals surface area contributed by atoms with E-state index >= 15 is 0 Å². The van der Waals surface area contributed by atoms with Crippen LogP contribution in [0.2, 0.25) is 0 Å². The maximum Gasteiger partial charge on any atom is 0.161 e. The van der Waals surface area contributed by atoms with Crippen molar-refractivity contribution >= 4 is 0 Å². The molecule has 0 fully saturated rings. The maximum absolute atomic E-state index is 8.86. The first-order chi connectivity index (χ1) is 12.4. The number of benzene rings is 2. The summed E-state index contributed by atoms with van der Waals surface area (Å²) in [5, 5.41) is 12.0. The molecule has 0 radical (unpaired) electrons. The number of aliphatic hydroxyl groups is 1. The van der Waals surface area contributed by atoms with Crippen molar-refractivity contribution in [3.05, 3.63) is 59.2 Å². The molecular formula is C22H31NO3. The van der Waals surface area contributed by atoms with Crippen LogP contribution in [0.5, 0.6) is 11.5 Å². The minimum atomic E-state index is 0.132. The number of hydrogen-bond acceptors (Lipinski definition) is 4. The Morgan fingerprint density at radius 1 is 0.923 bits per heavy atom. The number of nitrogens with one attached hydrogen (secondary N) is 1. The second kappa shape index (κ2) is 9.60. The van der Waals surface area contributed by atoms with Crippen LogP contribution in [0, 0.1) is 0 Å². The molecule has 2 aromatic rings. The van der Waals surface area contributed by atoms with Crippen molar-refractivity contribution < 1.29 is 14.6 Å². The van der Waals surface area contributed by atoms with Crippen molar-refractivity contribution in [3.8, 4) is 11.5 Å². The molecule has 4 heteroatoms. The lowest BCUT2D eigenvalue weighted by Gasteiger charge is -2.19. The quantitative estimate of drug-likeness (QED) is 0.665. The van der Waals surface area contributed by atoms with Crippen molar-refractivity contribution in [2.45, 2.75) is 46.3 Å². The zero-order chi connectivity index (χ0) is 19.0. The summed E-state index contributed by atoms with van der Waals surface area (Å²) in [6.45, 7) is 11.1. The van der Waals surface area contributed by atoms with Crippen molar-refractivity contribution in [1.82, 2.24) is 5.32 Å². The first-order valence-electron chi connectivity index (χ1n) is 9.23. The van der Waals surface area contributed by atoms with E-state index in [-0.39, 0.29) is 12.0 Å². The van der Waals surface area contributed by atoms with Gasteiger partial charge < -0.3 is 19.9 Å². The summed E-state index contributed by atoms with van der Waals surface area (Å²) in [6, 6.07) is 14.5. The maximum atomic E-state index is 8.86. The predicted octanol–water partition coefficient (Wildman–Crippen LogP) is 4.04. The lowest BCUT2D eigenvalue weighted by atomic mass is 9.87. The topological polar surface area (TPSA) is 50.7 Å². The molecule has 0 aromatic heterocycles. The summed E-state index contributed by atoms with van der Waals surface area (Å²) in [5.74, 6) is 1.50. The summed E-state index contributed by atoms with van der Waals surface area (Å²) in [5.41, 5.74) is 3.70. The third-order valence-corrected chi connectivity index (χ3v) is 4.14. The van der Waals surface area contributed by atoms with E-state index in [0.29, 0.717) is 26.3 Å². The highest BCUT2D eigenvalue weighted by Crippen LogP contribution is 2.29. The molecule has 142 valence electrons. The lowest BCUT2D eigenvalue weighted by Crippen LogP contribution is -2.17. The van der Waals surface area contributed by atoms with E-state index in [1.54, 1.807) is 0 Å². The summed E-state index contributed by atoms with van der Waals surface area (Å²) in [6.07, 6.45) is 0. The molecule has 26 heavy (non-hydrogen) atoms. The van der Waals surface area contributed by atoms with Crippen molar-refractivity contribution in [2.24, 2.45) is 0 Å². The molecule has 0 atom stereocenters. The van der Waals surface area contributed by atoms with Crippen LogP contribution in [0.15, 0.2) is 42.5 Å². The molecule has 4 nitrogen and oxygen atoms in total. The van der Waals surface area contributed by atoms with Crippen LogP contribution in [0.1, 0.15) is 44.4 Å². The fraction of sp³-hybridized carbons (Fsp3) is 0.455. The van der Waals surface area contributed by atoms with E-state index in [0.717, 1.165) is 22.6 Å². The number of aliphatic hydroxyl groups excluding tert-OH is 1. The molecule has 2 aromatic carbocycles. The van der Waals surface area contributed by atoms with E-state index in [1.165, 1.54) is 5.56 Å². The van der Waals surface area contributed by atoms with Gasteiger partial charge in [0.1, 0.15) is 6.61 Å². The molecule has 0 aliphatic rings. The average molecular weight is 357 g/mol. The van der Waals surface area contributed by atoms with E-state index in [2.05, 4.69) is 50.4 Å². The van der Waals surface area contributed by atoms with Gasteiger partial charge in [-0.25, -0.2) is 0 Å². The summed E-state index contributed by atoms with van der Waals surface area (Å²) in [7, 11) is 0. The van der Waals surface area contributed by atoms with Crippen molar-refractivity contribution in [3.63, 3.8) is 0 Å². The van der Waals surface area contributed by atoms with E-state index < -0.39 is 0 Å². The molecule has 0 amide bonds. The van der Waals surface area contributed by atoms with Crippen LogP contribution in [-0.4, -0.2) is 24.9 Å². The average Bonchev–Trinajstić information content (AvgIpc) is 2.61. The van der Waals surface area contributed by atoms with Crippen molar-refractivity contribution in [1.29, 1.82) is 0 Å². The van der Waals surface area contributed by atoms with Gasteiger partial charge in [0.15, 0.2) is 11.5 Å². The molecule has 0 aliphatic heterocycles. The molecular weight excluding hydrogens is 326 g/mol. The molecule has 0 spiro atoms. The van der Waals surface area contributed by atoms with Crippen LogP contribution >= 0.6 is 0 Å². The van der Waals surface area contributed by atoms with Crippen LogP contribution in [-0.2, 0) is 18.6 Å². The van der Waals surface area contributed by atoms with Gasteiger partial charge in [-0.05, 0) is 41.2 Å². The highest BCUT2D eigenvalue weighted by Gasteiger charge is 2.13. The van der Waals surface area contributed by atoms with Gasteiger partial charge in [-0.3, -0.25) is 0 Å². The van der Waals surface area contributed by atoms with Gasteiger partial charge in [-0.15, -0.1) is 0 Å². The zero-order valence-electron chi connectivity index (χ0n) is 16.3. The van der Waals surface area contributed by atoms with Gasteiger partial charge in [0.05, 0.1) is 13.2 Å². The molecule has 0 saturated carbocycles.